The maximum absolute atomic E-state index is 13.6. The third-order valence-electron chi connectivity index (χ3n) is 4.90. The van der Waals surface area contributed by atoms with Gasteiger partial charge in [0.1, 0.15) is 5.82 Å². The number of halogens is 1. The molecule has 0 saturated carbocycles. The number of piperidine rings is 1. The molecule has 2 aromatic carbocycles. The van der Waals surface area contributed by atoms with E-state index in [4.69, 9.17) is 0 Å². The van der Waals surface area contributed by atoms with Crippen LogP contribution in [0.1, 0.15) is 18.4 Å². The van der Waals surface area contributed by atoms with E-state index in [2.05, 4.69) is 5.32 Å². The summed E-state index contributed by atoms with van der Waals surface area (Å²) in [7, 11) is -3.58. The molecule has 1 amide bonds. The van der Waals surface area contributed by atoms with Crippen LogP contribution in [0.5, 0.6) is 0 Å². The Hall–Kier alpha value is -1.90. The summed E-state index contributed by atoms with van der Waals surface area (Å²) in [5, 5.41) is 2.89. The number of nitrogens with one attached hydrogen (secondary N) is 1. The molecule has 156 valence electrons. The van der Waals surface area contributed by atoms with Crippen molar-refractivity contribution >= 4 is 27.7 Å². The van der Waals surface area contributed by atoms with Crippen molar-refractivity contribution in [1.82, 2.24) is 9.62 Å². The summed E-state index contributed by atoms with van der Waals surface area (Å²) in [4.78, 5) is 12.7. The van der Waals surface area contributed by atoms with Crippen LogP contribution in [0.2, 0.25) is 0 Å². The highest BCUT2D eigenvalue weighted by Gasteiger charge is 2.33. The Labute approximate surface area is 175 Å². The monoisotopic (exact) mass is 436 g/mol. The fourth-order valence-electron chi connectivity index (χ4n) is 3.30. The maximum atomic E-state index is 13.6. The molecule has 1 saturated heterocycles. The van der Waals surface area contributed by atoms with Gasteiger partial charge in [-0.3, -0.25) is 4.79 Å². The molecule has 1 N–H and O–H groups in total. The van der Waals surface area contributed by atoms with Crippen molar-refractivity contribution in [3.8, 4) is 0 Å². The normalized spacial score (nSPS) is 17.8. The molecule has 29 heavy (non-hydrogen) atoms. The first kappa shape index (κ1) is 21.8. The predicted molar refractivity (Wildman–Crippen MR) is 113 cm³/mol. The van der Waals surface area contributed by atoms with Gasteiger partial charge in [-0.15, -0.1) is 0 Å². The van der Waals surface area contributed by atoms with Crippen molar-refractivity contribution in [2.45, 2.75) is 23.5 Å². The lowest BCUT2D eigenvalue weighted by atomic mass is 9.99. The maximum Gasteiger partial charge on any atom is 0.243 e. The van der Waals surface area contributed by atoms with E-state index in [1.165, 1.54) is 10.4 Å². The zero-order valence-corrected chi connectivity index (χ0v) is 17.7. The Morgan fingerprint density at radius 2 is 1.86 bits per heavy atom. The molecule has 2 aromatic rings. The summed E-state index contributed by atoms with van der Waals surface area (Å²) >= 11 is 1.55. The molecule has 1 aliphatic rings. The first-order chi connectivity index (χ1) is 14.0. The molecular weight excluding hydrogens is 411 g/mol. The van der Waals surface area contributed by atoms with Gasteiger partial charge in [0.05, 0.1) is 10.8 Å². The molecular formula is C21H25FN2O3S2. The van der Waals surface area contributed by atoms with E-state index in [0.717, 1.165) is 0 Å². The first-order valence-corrected chi connectivity index (χ1v) is 12.2. The number of nitrogens with zero attached hydrogens (tertiary/aromatic N) is 1. The van der Waals surface area contributed by atoms with Crippen LogP contribution in [0, 0.1) is 11.7 Å². The highest BCUT2D eigenvalue weighted by atomic mass is 32.2. The van der Waals surface area contributed by atoms with Crippen molar-refractivity contribution in [2.75, 3.05) is 25.4 Å². The fraction of sp³-hybridized carbons (Fsp3) is 0.381. The number of amides is 1. The van der Waals surface area contributed by atoms with E-state index in [-0.39, 0.29) is 29.1 Å². The van der Waals surface area contributed by atoms with Gasteiger partial charge in [-0.1, -0.05) is 36.4 Å². The summed E-state index contributed by atoms with van der Waals surface area (Å²) in [5.41, 5.74) is 0.651. The van der Waals surface area contributed by atoms with E-state index in [1.54, 1.807) is 60.3 Å². The average Bonchev–Trinajstić information content (AvgIpc) is 2.75. The molecule has 0 spiro atoms. The SMILES string of the molecule is O=C(NCCSCc1ccccc1F)[C@H]1CCCN(S(=O)(=O)c2ccccc2)C1. The van der Waals surface area contributed by atoms with Gasteiger partial charge in [-0.05, 0) is 36.6 Å². The summed E-state index contributed by atoms with van der Waals surface area (Å²) in [5.74, 6) is 0.530. The Bertz CT molecular complexity index is 923. The first-order valence-electron chi connectivity index (χ1n) is 9.62. The highest BCUT2D eigenvalue weighted by molar-refractivity contribution is 7.98. The van der Waals surface area contributed by atoms with Crippen molar-refractivity contribution in [3.05, 3.63) is 66.0 Å². The van der Waals surface area contributed by atoms with E-state index in [0.29, 0.717) is 43.0 Å². The van der Waals surface area contributed by atoms with Crippen LogP contribution in [-0.4, -0.2) is 44.0 Å². The summed E-state index contributed by atoms with van der Waals surface area (Å²) in [6.07, 6.45) is 1.33. The predicted octanol–water partition coefficient (Wildman–Crippen LogP) is 3.28. The van der Waals surface area contributed by atoms with Crippen molar-refractivity contribution in [3.63, 3.8) is 0 Å². The number of sulfonamides is 1. The quantitative estimate of drug-likeness (QED) is 0.645. The third-order valence-corrected chi connectivity index (χ3v) is 7.78. The Balaban J connectivity index is 1.45. The number of hydrogen-bond donors (Lipinski definition) is 1. The highest BCUT2D eigenvalue weighted by Crippen LogP contribution is 2.24. The van der Waals surface area contributed by atoms with Crippen LogP contribution >= 0.6 is 11.8 Å². The summed E-state index contributed by atoms with van der Waals surface area (Å²) < 4.78 is 40.5. The fourth-order valence-corrected chi connectivity index (χ4v) is 5.69. The van der Waals surface area contributed by atoms with Crippen LogP contribution in [-0.2, 0) is 20.6 Å². The van der Waals surface area contributed by atoms with Gasteiger partial charge in [-0.25, -0.2) is 12.8 Å². The largest absolute Gasteiger partial charge is 0.355 e. The van der Waals surface area contributed by atoms with Gasteiger partial charge in [-0.2, -0.15) is 16.1 Å². The second-order valence-corrected chi connectivity index (χ2v) is 9.99. The van der Waals surface area contributed by atoms with E-state index >= 15 is 0 Å². The van der Waals surface area contributed by atoms with Crippen LogP contribution in [0.4, 0.5) is 4.39 Å². The van der Waals surface area contributed by atoms with Gasteiger partial charge >= 0.3 is 0 Å². The standard InChI is InChI=1S/C21H25FN2O3S2/c22-20-11-5-4-7-18(20)16-28-14-12-23-21(25)17-8-6-13-24(15-17)29(26,27)19-9-2-1-3-10-19/h1-5,7,9-11,17H,6,8,12-16H2,(H,23,25)/t17-/m0/s1. The molecule has 5 nitrogen and oxygen atoms in total. The molecule has 1 heterocycles. The minimum atomic E-state index is -3.58. The van der Waals surface area contributed by atoms with E-state index < -0.39 is 10.0 Å². The van der Waals surface area contributed by atoms with Crippen molar-refractivity contribution in [2.24, 2.45) is 5.92 Å². The van der Waals surface area contributed by atoms with Crippen LogP contribution in [0.25, 0.3) is 0 Å². The number of benzene rings is 2. The topological polar surface area (TPSA) is 66.5 Å². The minimum absolute atomic E-state index is 0.121. The van der Waals surface area contributed by atoms with Crippen LogP contribution < -0.4 is 5.32 Å². The summed E-state index contributed by atoms with van der Waals surface area (Å²) in [6.45, 7) is 1.10. The van der Waals surface area contributed by atoms with Gasteiger partial charge in [0.25, 0.3) is 0 Å². The number of carbonyl (C=O) groups is 1. The molecule has 1 atom stereocenters. The average molecular weight is 437 g/mol. The molecule has 1 aliphatic heterocycles. The minimum Gasteiger partial charge on any atom is -0.355 e. The van der Waals surface area contributed by atoms with Crippen LogP contribution in [0.3, 0.4) is 0 Å². The third kappa shape index (κ3) is 5.81. The number of hydrogen-bond acceptors (Lipinski definition) is 4. The molecule has 0 aliphatic carbocycles. The lowest BCUT2D eigenvalue weighted by Crippen LogP contribution is -2.45. The molecule has 0 aromatic heterocycles. The lowest BCUT2D eigenvalue weighted by molar-refractivity contribution is -0.125. The molecule has 0 bridgehead atoms. The van der Waals surface area contributed by atoms with Crippen molar-refractivity contribution in [1.29, 1.82) is 0 Å². The summed E-state index contributed by atoms with van der Waals surface area (Å²) in [6, 6.07) is 15.0. The lowest BCUT2D eigenvalue weighted by Gasteiger charge is -2.31. The smallest absolute Gasteiger partial charge is 0.243 e. The van der Waals surface area contributed by atoms with E-state index in [1.807, 2.05) is 0 Å². The number of thioether (sulfide) groups is 1. The van der Waals surface area contributed by atoms with Crippen molar-refractivity contribution < 1.29 is 17.6 Å². The zero-order valence-electron chi connectivity index (χ0n) is 16.1. The van der Waals surface area contributed by atoms with Gasteiger partial charge in [0.2, 0.25) is 15.9 Å². The van der Waals surface area contributed by atoms with Gasteiger partial charge < -0.3 is 5.32 Å². The number of rotatable bonds is 8. The Morgan fingerprint density at radius 3 is 2.62 bits per heavy atom. The molecule has 0 unspecified atom stereocenters. The molecule has 0 radical (unpaired) electrons. The van der Waals surface area contributed by atoms with Gasteiger partial charge in [0.15, 0.2) is 0 Å². The molecule has 1 fully saturated rings. The van der Waals surface area contributed by atoms with Crippen LogP contribution in [0.15, 0.2) is 59.5 Å². The Morgan fingerprint density at radius 1 is 1.14 bits per heavy atom. The zero-order chi connectivity index (χ0) is 20.7. The molecule has 3 rings (SSSR count). The Kier molecular flexibility index (Phi) is 7.69. The molecule has 8 heteroatoms. The van der Waals surface area contributed by atoms with Gasteiger partial charge in [0, 0.05) is 31.1 Å². The van der Waals surface area contributed by atoms with E-state index in [9.17, 15) is 17.6 Å². The second kappa shape index (κ2) is 10.2. The second-order valence-electron chi connectivity index (χ2n) is 6.95. The number of carbonyl (C=O) groups excluding carboxylic acids is 1.